The van der Waals surface area contributed by atoms with Crippen molar-refractivity contribution < 1.29 is 23.8 Å². The van der Waals surface area contributed by atoms with E-state index in [9.17, 15) is 14.0 Å². The number of piperazine rings is 1. The first-order valence-corrected chi connectivity index (χ1v) is 10.4. The predicted octanol–water partition coefficient (Wildman–Crippen LogP) is 3.00. The number of carboxylic acid groups (broad SMARTS) is 1. The lowest BCUT2D eigenvalue weighted by molar-refractivity contribution is -0.139. The third-order valence-electron chi connectivity index (χ3n) is 5.30. The number of amides is 1. The molecule has 1 fully saturated rings. The van der Waals surface area contributed by atoms with E-state index in [0.29, 0.717) is 30.2 Å². The van der Waals surface area contributed by atoms with Crippen molar-refractivity contribution in [3.8, 4) is 5.88 Å². The average molecular weight is 450 g/mol. The fourth-order valence-electron chi connectivity index (χ4n) is 3.69. The van der Waals surface area contributed by atoms with Crippen LogP contribution in [0.25, 0.3) is 0 Å². The average Bonchev–Trinajstić information content (AvgIpc) is 2.71. The minimum atomic E-state index is -1.04. The fraction of sp³-hybridized carbons (Fsp3) is 0.409. The molecular weight excluding hydrogens is 425 g/mol. The van der Waals surface area contributed by atoms with Crippen LogP contribution in [0, 0.1) is 5.82 Å². The van der Waals surface area contributed by atoms with Crippen LogP contribution in [-0.2, 0) is 22.6 Å². The minimum Gasteiger partial charge on any atom is -0.481 e. The van der Waals surface area contributed by atoms with Crippen molar-refractivity contribution in [2.75, 3.05) is 19.7 Å². The number of pyridine rings is 1. The summed E-state index contributed by atoms with van der Waals surface area (Å²) in [6.07, 6.45) is 1.05. The van der Waals surface area contributed by atoms with Gasteiger partial charge in [0.1, 0.15) is 5.82 Å². The Morgan fingerprint density at radius 1 is 1.23 bits per heavy atom. The first-order valence-electron chi connectivity index (χ1n) is 10.00. The molecule has 31 heavy (non-hydrogen) atoms. The van der Waals surface area contributed by atoms with Gasteiger partial charge in [-0.2, -0.15) is 0 Å². The summed E-state index contributed by atoms with van der Waals surface area (Å²) in [5.41, 5.74) is 1.33. The SMILES string of the molecule is CC1CN(C(=O)COc2ncc(Cl)cc2CC(=O)O)C(C)CN1Cc1ccc(F)cc1. The standard InChI is InChI=1S/C22H25ClFN3O4/c1-14-11-27(15(2)10-26(14)12-16-3-5-19(24)6-4-16)20(28)13-31-22-17(8-21(29)30)7-18(23)9-25-22/h3-7,9,14-15H,8,10-13H2,1-2H3,(H,29,30). The molecule has 0 radical (unpaired) electrons. The molecule has 7 nitrogen and oxygen atoms in total. The van der Waals surface area contributed by atoms with Crippen LogP contribution in [0.1, 0.15) is 25.0 Å². The number of aromatic nitrogens is 1. The third kappa shape index (κ3) is 6.15. The Bertz CT molecular complexity index is 941. The molecule has 1 aromatic carbocycles. The van der Waals surface area contributed by atoms with Crippen LogP contribution in [0.2, 0.25) is 5.02 Å². The van der Waals surface area contributed by atoms with E-state index in [-0.39, 0.29) is 42.7 Å². The molecule has 1 aliphatic rings. The van der Waals surface area contributed by atoms with Gasteiger partial charge in [0, 0.05) is 43.5 Å². The van der Waals surface area contributed by atoms with Crippen LogP contribution in [0.5, 0.6) is 5.88 Å². The van der Waals surface area contributed by atoms with E-state index in [4.69, 9.17) is 21.4 Å². The molecule has 3 rings (SSSR count). The second-order valence-electron chi connectivity index (χ2n) is 7.78. The summed E-state index contributed by atoms with van der Waals surface area (Å²) >= 11 is 5.89. The van der Waals surface area contributed by atoms with Gasteiger partial charge in [-0.3, -0.25) is 14.5 Å². The van der Waals surface area contributed by atoms with Gasteiger partial charge in [0.15, 0.2) is 6.61 Å². The van der Waals surface area contributed by atoms with E-state index in [2.05, 4.69) is 9.88 Å². The Morgan fingerprint density at radius 3 is 2.61 bits per heavy atom. The van der Waals surface area contributed by atoms with Gasteiger partial charge in [0.05, 0.1) is 11.4 Å². The van der Waals surface area contributed by atoms with Crippen molar-refractivity contribution >= 4 is 23.5 Å². The number of aliphatic carboxylic acids is 1. The summed E-state index contributed by atoms with van der Waals surface area (Å²) in [7, 11) is 0. The quantitative estimate of drug-likeness (QED) is 0.699. The van der Waals surface area contributed by atoms with E-state index in [1.165, 1.54) is 24.4 Å². The topological polar surface area (TPSA) is 83.0 Å². The smallest absolute Gasteiger partial charge is 0.308 e. The van der Waals surface area contributed by atoms with Crippen molar-refractivity contribution in [2.24, 2.45) is 0 Å². The molecule has 0 saturated carbocycles. The van der Waals surface area contributed by atoms with Crippen molar-refractivity contribution in [2.45, 2.75) is 38.9 Å². The number of ether oxygens (including phenoxy) is 1. The molecule has 1 aliphatic heterocycles. The molecule has 9 heteroatoms. The van der Waals surface area contributed by atoms with E-state index >= 15 is 0 Å². The zero-order valence-corrected chi connectivity index (χ0v) is 18.2. The van der Waals surface area contributed by atoms with E-state index < -0.39 is 5.97 Å². The van der Waals surface area contributed by atoms with Crippen LogP contribution >= 0.6 is 11.6 Å². The van der Waals surface area contributed by atoms with E-state index in [1.807, 2.05) is 13.8 Å². The number of nitrogens with zero attached hydrogens (tertiary/aromatic N) is 3. The summed E-state index contributed by atoms with van der Waals surface area (Å²) in [6.45, 7) is 5.66. The number of benzene rings is 1. The number of halogens is 2. The van der Waals surface area contributed by atoms with E-state index in [0.717, 1.165) is 5.56 Å². The van der Waals surface area contributed by atoms with Gasteiger partial charge in [0.25, 0.3) is 5.91 Å². The Morgan fingerprint density at radius 2 is 1.94 bits per heavy atom. The largest absolute Gasteiger partial charge is 0.481 e. The van der Waals surface area contributed by atoms with Crippen LogP contribution < -0.4 is 4.74 Å². The normalized spacial score (nSPS) is 19.3. The molecule has 2 atom stereocenters. The number of carboxylic acids is 1. The summed E-state index contributed by atoms with van der Waals surface area (Å²) in [5.74, 6) is -1.41. The van der Waals surface area contributed by atoms with Gasteiger partial charge in [-0.1, -0.05) is 23.7 Å². The first kappa shape index (κ1) is 23.0. The van der Waals surface area contributed by atoms with Gasteiger partial charge >= 0.3 is 5.97 Å². The monoisotopic (exact) mass is 449 g/mol. The Kier molecular flexibility index (Phi) is 7.46. The molecular formula is C22H25ClFN3O4. The minimum absolute atomic E-state index is 0.0376. The predicted molar refractivity (Wildman–Crippen MR) is 114 cm³/mol. The highest BCUT2D eigenvalue weighted by Gasteiger charge is 2.32. The molecule has 2 unspecified atom stereocenters. The van der Waals surface area contributed by atoms with Gasteiger partial charge in [-0.25, -0.2) is 9.37 Å². The molecule has 2 aromatic rings. The highest BCUT2D eigenvalue weighted by molar-refractivity contribution is 6.30. The molecule has 0 aliphatic carbocycles. The molecule has 1 saturated heterocycles. The Balaban J connectivity index is 1.59. The summed E-state index contributed by atoms with van der Waals surface area (Å²) in [4.78, 5) is 31.9. The number of carbonyl (C=O) groups excluding carboxylic acids is 1. The van der Waals surface area contributed by atoms with Crippen molar-refractivity contribution in [3.63, 3.8) is 0 Å². The number of rotatable bonds is 7. The second-order valence-corrected chi connectivity index (χ2v) is 8.21. The molecule has 0 bridgehead atoms. The van der Waals surface area contributed by atoms with Crippen molar-refractivity contribution in [1.29, 1.82) is 0 Å². The maximum Gasteiger partial charge on any atom is 0.308 e. The number of carbonyl (C=O) groups is 2. The lowest BCUT2D eigenvalue weighted by atomic mass is 10.1. The van der Waals surface area contributed by atoms with Crippen LogP contribution in [0.4, 0.5) is 4.39 Å². The Labute approximate surface area is 185 Å². The Hall–Kier alpha value is -2.71. The fourth-order valence-corrected chi connectivity index (χ4v) is 3.87. The number of hydrogen-bond donors (Lipinski definition) is 1. The highest BCUT2D eigenvalue weighted by Crippen LogP contribution is 2.22. The van der Waals surface area contributed by atoms with Gasteiger partial charge in [-0.15, -0.1) is 0 Å². The number of hydrogen-bond acceptors (Lipinski definition) is 5. The van der Waals surface area contributed by atoms with Crippen molar-refractivity contribution in [3.05, 3.63) is 58.5 Å². The summed E-state index contributed by atoms with van der Waals surface area (Å²) in [5, 5.41) is 9.35. The molecule has 2 heterocycles. The lowest BCUT2D eigenvalue weighted by Crippen LogP contribution is -2.58. The molecule has 1 N–H and O–H groups in total. The molecule has 166 valence electrons. The third-order valence-corrected chi connectivity index (χ3v) is 5.51. The molecule has 0 spiro atoms. The van der Waals surface area contributed by atoms with Crippen LogP contribution in [-0.4, -0.2) is 63.5 Å². The van der Waals surface area contributed by atoms with Gasteiger partial charge in [0.2, 0.25) is 5.88 Å². The zero-order valence-electron chi connectivity index (χ0n) is 17.4. The van der Waals surface area contributed by atoms with Crippen LogP contribution in [0.15, 0.2) is 36.5 Å². The maximum absolute atomic E-state index is 13.1. The zero-order chi connectivity index (χ0) is 22.5. The maximum atomic E-state index is 13.1. The van der Waals surface area contributed by atoms with Gasteiger partial charge < -0.3 is 14.7 Å². The summed E-state index contributed by atoms with van der Waals surface area (Å²) in [6, 6.07) is 7.98. The first-order chi connectivity index (χ1) is 14.7. The van der Waals surface area contributed by atoms with E-state index in [1.54, 1.807) is 17.0 Å². The van der Waals surface area contributed by atoms with Crippen LogP contribution in [0.3, 0.4) is 0 Å². The molecule has 1 aromatic heterocycles. The van der Waals surface area contributed by atoms with Crippen molar-refractivity contribution in [1.82, 2.24) is 14.8 Å². The summed E-state index contributed by atoms with van der Waals surface area (Å²) < 4.78 is 18.7. The van der Waals surface area contributed by atoms with Gasteiger partial charge in [-0.05, 0) is 37.6 Å². The second kappa shape index (κ2) is 10.1. The highest BCUT2D eigenvalue weighted by atomic mass is 35.5. The lowest BCUT2D eigenvalue weighted by Gasteiger charge is -2.44. The molecule has 1 amide bonds.